The van der Waals surface area contributed by atoms with Gasteiger partial charge in [0.2, 0.25) is 9.84 Å². The van der Waals surface area contributed by atoms with Crippen molar-refractivity contribution < 1.29 is 16.8 Å². The average molecular weight is 429 g/mol. The van der Waals surface area contributed by atoms with E-state index >= 15 is 0 Å². The molecule has 9 heteroatoms. The van der Waals surface area contributed by atoms with Crippen LogP contribution >= 0.6 is 11.3 Å². The number of rotatable bonds is 8. The van der Waals surface area contributed by atoms with Crippen LogP contribution in [0.3, 0.4) is 0 Å². The minimum absolute atomic E-state index is 0.0754. The molecular formula is C18H24N2O4S3. The van der Waals surface area contributed by atoms with E-state index in [0.29, 0.717) is 6.42 Å². The summed E-state index contributed by atoms with van der Waals surface area (Å²) in [7, 11) is -5.32. The van der Waals surface area contributed by atoms with Gasteiger partial charge in [-0.2, -0.15) is 0 Å². The predicted octanol–water partition coefficient (Wildman–Crippen LogP) is 2.88. The Hall–Kier alpha value is -1.42. The maximum Gasteiger partial charge on any atom is 0.216 e. The van der Waals surface area contributed by atoms with E-state index in [1.54, 1.807) is 19.2 Å². The lowest BCUT2D eigenvalue weighted by Gasteiger charge is -2.14. The largest absolute Gasteiger partial charge is 0.380 e. The molecule has 0 aliphatic carbocycles. The van der Waals surface area contributed by atoms with Gasteiger partial charge in [0, 0.05) is 7.05 Å². The van der Waals surface area contributed by atoms with Crippen molar-refractivity contribution in [3.63, 3.8) is 0 Å². The summed E-state index contributed by atoms with van der Waals surface area (Å²) in [6.45, 7) is 2.88. The van der Waals surface area contributed by atoms with Gasteiger partial charge in [0.05, 0.1) is 20.5 Å². The van der Waals surface area contributed by atoms with Crippen LogP contribution in [0.4, 0.5) is 5.00 Å². The molecule has 1 saturated heterocycles. The highest BCUT2D eigenvalue weighted by Gasteiger charge is 2.22. The van der Waals surface area contributed by atoms with E-state index in [1.165, 1.54) is 37.1 Å². The van der Waals surface area contributed by atoms with E-state index in [1.807, 2.05) is 0 Å². The van der Waals surface area contributed by atoms with Gasteiger partial charge >= 0.3 is 0 Å². The van der Waals surface area contributed by atoms with E-state index in [4.69, 9.17) is 0 Å². The number of hydrogen-bond donors (Lipinski definition) is 1. The molecule has 1 aliphatic rings. The number of nitrogens with one attached hydrogen (secondary N) is 1. The lowest BCUT2D eigenvalue weighted by molar-refractivity contribution is 0.340. The van der Waals surface area contributed by atoms with Crippen LogP contribution in [-0.2, 0) is 19.7 Å². The normalized spacial score (nSPS) is 15.9. The number of nitrogens with zero attached hydrogens (tertiary/aromatic N) is 1. The lowest BCUT2D eigenvalue weighted by Crippen LogP contribution is -2.22. The fourth-order valence-corrected chi connectivity index (χ4v) is 7.00. The highest BCUT2D eigenvalue weighted by atomic mass is 32.2. The minimum atomic E-state index is -3.64. The first-order valence-electron chi connectivity index (χ1n) is 8.91. The van der Waals surface area contributed by atoms with E-state index in [0.717, 1.165) is 36.0 Å². The topological polar surface area (TPSA) is 83.5 Å². The van der Waals surface area contributed by atoms with Crippen molar-refractivity contribution in [3.8, 4) is 0 Å². The van der Waals surface area contributed by atoms with E-state index in [2.05, 4.69) is 10.2 Å². The summed E-state index contributed by atoms with van der Waals surface area (Å²) in [6.07, 6.45) is 2.95. The molecule has 0 bridgehead atoms. The minimum Gasteiger partial charge on any atom is -0.380 e. The van der Waals surface area contributed by atoms with Gasteiger partial charge in [0.15, 0.2) is 9.84 Å². The monoisotopic (exact) mass is 428 g/mol. The molecule has 0 amide bonds. The molecule has 1 fully saturated rings. The van der Waals surface area contributed by atoms with Crippen molar-refractivity contribution >= 4 is 36.0 Å². The van der Waals surface area contributed by atoms with Crippen molar-refractivity contribution in [2.75, 3.05) is 37.8 Å². The van der Waals surface area contributed by atoms with Crippen molar-refractivity contribution in [2.24, 2.45) is 0 Å². The molecule has 2 heterocycles. The second kappa shape index (κ2) is 8.30. The molecule has 6 nitrogen and oxygen atoms in total. The quantitative estimate of drug-likeness (QED) is 0.696. The number of hydrogen-bond acceptors (Lipinski definition) is 7. The van der Waals surface area contributed by atoms with Crippen LogP contribution in [0, 0.1) is 0 Å². The third-order valence-corrected chi connectivity index (χ3v) is 9.85. The smallest absolute Gasteiger partial charge is 0.216 e. The van der Waals surface area contributed by atoms with Crippen LogP contribution in [0.15, 0.2) is 50.4 Å². The molecule has 0 saturated carbocycles. The zero-order chi connectivity index (χ0) is 19.5. The van der Waals surface area contributed by atoms with Gasteiger partial charge in [0.25, 0.3) is 0 Å². The molecule has 0 unspecified atom stereocenters. The first-order valence-corrected chi connectivity index (χ1v) is 12.9. The Kier molecular flexibility index (Phi) is 6.25. The molecule has 0 atom stereocenters. The first kappa shape index (κ1) is 20.3. The van der Waals surface area contributed by atoms with Gasteiger partial charge in [0.1, 0.15) is 4.21 Å². The molecule has 27 heavy (non-hydrogen) atoms. The van der Waals surface area contributed by atoms with Crippen LogP contribution in [0.5, 0.6) is 0 Å². The van der Waals surface area contributed by atoms with Gasteiger partial charge in [-0.3, -0.25) is 0 Å². The fraction of sp³-hybridized carbons (Fsp3) is 0.444. The molecule has 2 aromatic rings. The Morgan fingerprint density at radius 3 is 2.19 bits per heavy atom. The summed E-state index contributed by atoms with van der Waals surface area (Å²) in [5.74, 6) is 0.0754. The number of anilines is 1. The number of benzene rings is 1. The molecule has 3 rings (SSSR count). The Balaban J connectivity index is 1.69. The summed E-state index contributed by atoms with van der Waals surface area (Å²) in [5, 5.41) is 3.67. The zero-order valence-electron chi connectivity index (χ0n) is 15.2. The molecule has 148 valence electrons. The van der Waals surface area contributed by atoms with Crippen LogP contribution < -0.4 is 5.32 Å². The standard InChI is InChI=1S/C18H24N2O4S3/c1-19-17-9-10-18(25-17)27(23,24)16-7-5-15(6-8-16)26(21,22)14-4-13-20-11-2-3-12-20/h5-10,19H,2-4,11-14H2,1H3. The third-order valence-electron chi connectivity index (χ3n) is 4.67. The highest BCUT2D eigenvalue weighted by Crippen LogP contribution is 2.31. The van der Waals surface area contributed by atoms with Gasteiger partial charge in [-0.15, -0.1) is 11.3 Å². The molecule has 0 radical (unpaired) electrons. The lowest BCUT2D eigenvalue weighted by atomic mass is 10.4. The molecule has 1 aromatic carbocycles. The average Bonchev–Trinajstić information content (AvgIpc) is 3.33. The van der Waals surface area contributed by atoms with Crippen LogP contribution in [-0.4, -0.2) is 54.2 Å². The Labute approximate surface area is 165 Å². The SMILES string of the molecule is CNc1ccc(S(=O)(=O)c2ccc(S(=O)(=O)CCCN3CCCC3)cc2)s1. The maximum atomic E-state index is 12.7. The second-order valence-corrected chi connectivity index (χ2v) is 11.9. The maximum absolute atomic E-state index is 12.7. The predicted molar refractivity (Wildman–Crippen MR) is 108 cm³/mol. The van der Waals surface area contributed by atoms with Crippen molar-refractivity contribution in [3.05, 3.63) is 36.4 Å². The summed E-state index contributed by atoms with van der Waals surface area (Å²) >= 11 is 1.15. The second-order valence-electron chi connectivity index (χ2n) is 6.56. The summed E-state index contributed by atoms with van der Waals surface area (Å²) < 4.78 is 50.6. The van der Waals surface area contributed by atoms with Crippen LogP contribution in [0.2, 0.25) is 0 Å². The van der Waals surface area contributed by atoms with Gasteiger partial charge in [-0.1, -0.05) is 0 Å². The molecular weight excluding hydrogens is 404 g/mol. The summed E-state index contributed by atoms with van der Waals surface area (Å²) in [6, 6.07) is 8.80. The zero-order valence-corrected chi connectivity index (χ0v) is 17.7. The van der Waals surface area contributed by atoms with Crippen LogP contribution in [0.1, 0.15) is 19.3 Å². The highest BCUT2D eigenvalue weighted by molar-refractivity contribution is 7.93. The van der Waals surface area contributed by atoms with Crippen LogP contribution in [0.25, 0.3) is 0 Å². The fourth-order valence-electron chi connectivity index (χ4n) is 3.14. The van der Waals surface area contributed by atoms with E-state index in [-0.39, 0.29) is 19.8 Å². The number of likely N-dealkylation sites (tertiary alicyclic amines) is 1. The van der Waals surface area contributed by atoms with Crippen molar-refractivity contribution in [1.29, 1.82) is 0 Å². The summed E-state index contributed by atoms with van der Waals surface area (Å²) in [4.78, 5) is 2.55. The number of sulfone groups is 2. The van der Waals surface area contributed by atoms with E-state index < -0.39 is 19.7 Å². The first-order chi connectivity index (χ1) is 12.8. The van der Waals surface area contributed by atoms with Crippen molar-refractivity contribution in [2.45, 2.75) is 33.3 Å². The van der Waals surface area contributed by atoms with Gasteiger partial charge in [-0.05, 0) is 75.3 Å². The third kappa shape index (κ3) is 4.71. The Bertz CT molecular complexity index is 974. The summed E-state index contributed by atoms with van der Waals surface area (Å²) in [5.41, 5.74) is 0. The molecule has 1 N–H and O–H groups in total. The number of thiophene rings is 1. The van der Waals surface area contributed by atoms with Gasteiger partial charge in [-0.25, -0.2) is 16.8 Å². The van der Waals surface area contributed by atoms with Gasteiger partial charge < -0.3 is 10.2 Å². The molecule has 1 aliphatic heterocycles. The van der Waals surface area contributed by atoms with E-state index in [9.17, 15) is 16.8 Å². The molecule has 1 aromatic heterocycles. The van der Waals surface area contributed by atoms with Crippen molar-refractivity contribution in [1.82, 2.24) is 4.90 Å². The Morgan fingerprint density at radius 2 is 1.59 bits per heavy atom. The Morgan fingerprint density at radius 1 is 0.963 bits per heavy atom. The molecule has 0 spiro atoms.